The summed E-state index contributed by atoms with van der Waals surface area (Å²) >= 11 is 0. The molecule has 0 aromatic heterocycles. The van der Waals surface area contributed by atoms with Gasteiger partial charge < -0.3 is 30.3 Å². The number of carbonyl (C=O) groups excluding carboxylic acids is 2. The zero-order chi connectivity index (χ0) is 34.3. The van der Waals surface area contributed by atoms with Crippen molar-refractivity contribution in [2.24, 2.45) is 5.92 Å². The number of carbonyl (C=O) groups is 3. The van der Waals surface area contributed by atoms with Gasteiger partial charge in [-0.15, -0.1) is 0 Å². The first kappa shape index (κ1) is 36.0. The van der Waals surface area contributed by atoms with Crippen molar-refractivity contribution in [3.8, 4) is 0 Å². The number of fused-ring (bicyclic) bond motifs is 1. The monoisotopic (exact) mass is 663 g/mol. The van der Waals surface area contributed by atoms with Gasteiger partial charge >= 0.3 is 5.97 Å². The largest absolute Gasteiger partial charge is 0.481 e. The number of likely N-dealkylation sites (tertiary alicyclic amines) is 1. The van der Waals surface area contributed by atoms with E-state index >= 15 is 0 Å². The van der Waals surface area contributed by atoms with E-state index < -0.39 is 12.3 Å². The molecule has 1 aliphatic carbocycles. The molecule has 1 saturated carbocycles. The van der Waals surface area contributed by atoms with Gasteiger partial charge in [0.2, 0.25) is 11.8 Å². The van der Waals surface area contributed by atoms with E-state index in [0.717, 1.165) is 36.0 Å². The van der Waals surface area contributed by atoms with Gasteiger partial charge in [-0.05, 0) is 88.5 Å². The van der Waals surface area contributed by atoms with Gasteiger partial charge in [0, 0.05) is 48.6 Å². The van der Waals surface area contributed by atoms with Crippen molar-refractivity contribution < 1.29 is 34.1 Å². The first-order chi connectivity index (χ1) is 23.0. The fraction of sp³-hybridized carbons (Fsp3) is 0.605. The van der Waals surface area contributed by atoms with Gasteiger partial charge in [-0.3, -0.25) is 19.3 Å². The van der Waals surface area contributed by atoms with Crippen LogP contribution >= 0.6 is 0 Å². The number of hydrogen-bond donors (Lipinski definition) is 4. The molecule has 4 N–H and O–H groups in total. The average molecular weight is 664 g/mol. The molecule has 262 valence electrons. The van der Waals surface area contributed by atoms with E-state index in [4.69, 9.17) is 14.6 Å². The molecule has 5 rings (SSSR count). The summed E-state index contributed by atoms with van der Waals surface area (Å²) in [6.45, 7) is 6.68. The Kier molecular flexibility index (Phi) is 12.3. The Labute approximate surface area is 284 Å². The van der Waals surface area contributed by atoms with Gasteiger partial charge in [-0.2, -0.15) is 0 Å². The minimum absolute atomic E-state index is 0.0269. The van der Waals surface area contributed by atoms with Crippen LogP contribution in [0.4, 0.5) is 5.69 Å². The van der Waals surface area contributed by atoms with Crippen LogP contribution in [0.2, 0.25) is 0 Å². The molecule has 6 unspecified atom stereocenters. The molecule has 3 aliphatic rings. The fourth-order valence-corrected chi connectivity index (χ4v) is 7.50. The molecule has 0 spiro atoms. The third-order valence-electron chi connectivity index (χ3n) is 9.85. The highest BCUT2D eigenvalue weighted by molar-refractivity contribution is 5.90. The summed E-state index contributed by atoms with van der Waals surface area (Å²) in [6.07, 6.45) is 7.46. The Balaban J connectivity index is 1.34. The fourth-order valence-electron chi connectivity index (χ4n) is 7.50. The lowest BCUT2D eigenvalue weighted by atomic mass is 9.75. The van der Waals surface area contributed by atoms with E-state index in [-0.39, 0.29) is 55.1 Å². The van der Waals surface area contributed by atoms with E-state index in [9.17, 15) is 19.5 Å². The summed E-state index contributed by atoms with van der Waals surface area (Å²) in [6, 6.07) is 15.4. The number of aliphatic carboxylic acids is 1. The molecule has 3 fully saturated rings. The number of benzene rings is 2. The molecule has 2 aromatic rings. The van der Waals surface area contributed by atoms with Crippen molar-refractivity contribution in [1.82, 2.24) is 10.2 Å². The minimum Gasteiger partial charge on any atom is -0.481 e. The van der Waals surface area contributed by atoms with E-state index in [1.165, 1.54) is 19.3 Å². The first-order valence-corrected chi connectivity index (χ1v) is 17.7. The average Bonchev–Trinajstić information content (AvgIpc) is 3.06. The topological polar surface area (TPSA) is 137 Å². The molecule has 2 amide bonds. The first-order valence-electron chi connectivity index (χ1n) is 17.7. The summed E-state index contributed by atoms with van der Waals surface area (Å²) in [7, 11) is 0. The van der Waals surface area contributed by atoms with Crippen LogP contribution in [0.25, 0.3) is 0 Å². The van der Waals surface area contributed by atoms with Crippen LogP contribution in [0.5, 0.6) is 0 Å². The quantitative estimate of drug-likeness (QED) is 0.196. The summed E-state index contributed by atoms with van der Waals surface area (Å²) in [5.41, 5.74) is 3.00. The van der Waals surface area contributed by atoms with Crippen molar-refractivity contribution in [3.63, 3.8) is 0 Å². The molecular formula is C38H53N3O7. The lowest BCUT2D eigenvalue weighted by molar-refractivity contribution is -0.255. The van der Waals surface area contributed by atoms with Crippen LogP contribution in [-0.4, -0.2) is 63.2 Å². The predicted octanol–water partition coefficient (Wildman–Crippen LogP) is 6.25. The lowest BCUT2D eigenvalue weighted by Gasteiger charge is -2.50. The maximum absolute atomic E-state index is 13.7. The number of anilines is 1. The Hall–Kier alpha value is -3.31. The van der Waals surface area contributed by atoms with E-state index in [0.29, 0.717) is 43.5 Å². The Morgan fingerprint density at radius 3 is 2.25 bits per heavy atom. The van der Waals surface area contributed by atoms with Crippen LogP contribution in [0.15, 0.2) is 48.5 Å². The molecule has 6 atom stereocenters. The van der Waals surface area contributed by atoms with Gasteiger partial charge in [0.15, 0.2) is 6.29 Å². The lowest BCUT2D eigenvalue weighted by Crippen LogP contribution is -2.61. The van der Waals surface area contributed by atoms with Gasteiger partial charge in [0.25, 0.3) is 0 Å². The van der Waals surface area contributed by atoms with Crippen molar-refractivity contribution >= 4 is 23.5 Å². The van der Waals surface area contributed by atoms with E-state index in [1.54, 1.807) is 0 Å². The number of aliphatic hydroxyl groups excluding tert-OH is 1. The van der Waals surface area contributed by atoms with Crippen LogP contribution in [0, 0.1) is 5.92 Å². The number of aliphatic hydroxyl groups is 1. The second-order valence-electron chi connectivity index (χ2n) is 14.8. The summed E-state index contributed by atoms with van der Waals surface area (Å²) in [5, 5.41) is 24.6. The molecular weight excluding hydrogens is 610 g/mol. The Bertz CT molecular complexity index is 1370. The highest BCUT2D eigenvalue weighted by Gasteiger charge is 2.44. The molecule has 2 aliphatic heterocycles. The number of carboxylic acids is 1. The van der Waals surface area contributed by atoms with Crippen LogP contribution in [0.3, 0.4) is 0 Å². The third-order valence-corrected chi connectivity index (χ3v) is 9.85. The maximum atomic E-state index is 13.7. The normalized spacial score (nSPS) is 26.3. The number of carboxylic acid groups (broad SMARTS) is 1. The number of rotatable bonds is 12. The third kappa shape index (κ3) is 9.87. The number of amides is 2. The number of nitrogens with zero attached hydrogens (tertiary/aromatic N) is 1. The van der Waals surface area contributed by atoms with Crippen LogP contribution < -0.4 is 10.6 Å². The SMILES string of the molecule is CC(C)(C)NC(=O)C1CCC2CCCCC2N1CC1CC(c2ccc(CO)cc2)OC(c2ccc(NC(=O)CCCCC(=O)O)cc2)O1. The molecule has 10 nitrogen and oxygen atoms in total. The van der Waals surface area contributed by atoms with Crippen molar-refractivity contribution in [2.45, 2.75) is 134 Å². The number of hydrogen-bond acceptors (Lipinski definition) is 7. The van der Waals surface area contributed by atoms with Crippen molar-refractivity contribution in [2.75, 3.05) is 11.9 Å². The summed E-state index contributed by atoms with van der Waals surface area (Å²) in [4.78, 5) is 39.3. The smallest absolute Gasteiger partial charge is 0.303 e. The van der Waals surface area contributed by atoms with Gasteiger partial charge in [0.05, 0.1) is 24.9 Å². The summed E-state index contributed by atoms with van der Waals surface area (Å²) in [5.74, 6) is -0.331. The number of nitrogens with one attached hydrogen (secondary N) is 2. The highest BCUT2D eigenvalue weighted by atomic mass is 16.7. The number of ether oxygens (including phenoxy) is 2. The van der Waals surface area contributed by atoms with E-state index in [1.807, 2.05) is 69.3 Å². The van der Waals surface area contributed by atoms with E-state index in [2.05, 4.69) is 15.5 Å². The van der Waals surface area contributed by atoms with Gasteiger partial charge in [0.1, 0.15) is 0 Å². The molecule has 2 aromatic carbocycles. The highest BCUT2D eigenvalue weighted by Crippen LogP contribution is 2.42. The number of piperidine rings is 1. The Morgan fingerprint density at radius 1 is 0.875 bits per heavy atom. The molecule has 48 heavy (non-hydrogen) atoms. The van der Waals surface area contributed by atoms with Crippen LogP contribution in [0.1, 0.15) is 120 Å². The van der Waals surface area contributed by atoms with Gasteiger partial charge in [-0.1, -0.05) is 49.2 Å². The molecule has 10 heteroatoms. The zero-order valence-electron chi connectivity index (χ0n) is 28.7. The second kappa shape index (κ2) is 16.4. The molecule has 0 radical (unpaired) electrons. The van der Waals surface area contributed by atoms with Gasteiger partial charge in [-0.25, -0.2) is 0 Å². The van der Waals surface area contributed by atoms with Crippen molar-refractivity contribution in [1.29, 1.82) is 0 Å². The Morgan fingerprint density at radius 2 is 1.56 bits per heavy atom. The minimum atomic E-state index is -0.857. The van der Waals surface area contributed by atoms with Crippen molar-refractivity contribution in [3.05, 3.63) is 65.2 Å². The predicted molar refractivity (Wildman–Crippen MR) is 183 cm³/mol. The molecule has 0 bridgehead atoms. The number of unbranched alkanes of at least 4 members (excludes halogenated alkanes) is 1. The summed E-state index contributed by atoms with van der Waals surface area (Å²) < 4.78 is 13.3. The maximum Gasteiger partial charge on any atom is 0.303 e. The molecule has 2 heterocycles. The van der Waals surface area contributed by atoms with Crippen LogP contribution in [-0.2, 0) is 30.5 Å². The second-order valence-corrected chi connectivity index (χ2v) is 14.8. The zero-order valence-corrected chi connectivity index (χ0v) is 28.7. The standard InChI is InChI=1S/C38H53N3O7/c1-38(2,3)40-36(46)32-21-18-26-8-4-5-9-31(26)41(32)23-30-22-33(27-14-12-25(24-42)13-15-27)48-37(47-30)28-16-19-29(20-17-28)39-34(43)10-6-7-11-35(44)45/h12-17,19-20,26,30-33,37,42H,4-11,18,21-24H2,1-3H3,(H,39,43)(H,40,46)(H,44,45). The molecule has 2 saturated heterocycles.